The zero-order valence-corrected chi connectivity index (χ0v) is 15.9. The molecular formula is C22H21F3N2O. The number of carbonyl (C=O) groups excluding carboxylic acids is 1. The molecule has 3 nitrogen and oxygen atoms in total. The molecule has 0 aliphatic carbocycles. The molecule has 3 rings (SSSR count). The summed E-state index contributed by atoms with van der Waals surface area (Å²) >= 11 is 0. The maximum Gasteiger partial charge on any atom is 0.416 e. The molecule has 1 atom stereocenters. The number of benzene rings is 2. The molecule has 146 valence electrons. The van der Waals surface area contributed by atoms with Gasteiger partial charge in [0.15, 0.2) is 0 Å². The van der Waals surface area contributed by atoms with E-state index in [1.807, 2.05) is 38.1 Å². The molecule has 1 heterocycles. The average molecular weight is 386 g/mol. The lowest BCUT2D eigenvalue weighted by atomic mass is 9.99. The molecule has 0 aliphatic rings. The number of alkyl halides is 3. The summed E-state index contributed by atoms with van der Waals surface area (Å²) in [6.07, 6.45) is -4.20. The lowest BCUT2D eigenvalue weighted by molar-refractivity contribution is -0.137. The highest BCUT2D eigenvalue weighted by Gasteiger charge is 2.30. The zero-order valence-electron chi connectivity index (χ0n) is 15.9. The van der Waals surface area contributed by atoms with Crippen LogP contribution < -0.4 is 5.32 Å². The summed E-state index contributed by atoms with van der Waals surface area (Å²) < 4.78 is 38.1. The van der Waals surface area contributed by atoms with Crippen LogP contribution in [0, 0.1) is 13.8 Å². The van der Waals surface area contributed by atoms with Crippen molar-refractivity contribution in [1.29, 1.82) is 0 Å². The highest BCUT2D eigenvalue weighted by molar-refractivity contribution is 5.86. The molecule has 1 N–H and O–H groups in total. The molecule has 0 unspecified atom stereocenters. The Hall–Kier alpha value is -2.89. The van der Waals surface area contributed by atoms with Crippen LogP contribution in [-0.4, -0.2) is 10.9 Å². The second-order valence-corrected chi connectivity index (χ2v) is 6.90. The summed E-state index contributed by atoms with van der Waals surface area (Å²) in [7, 11) is 0. The monoisotopic (exact) mass is 386 g/mol. The van der Waals surface area contributed by atoms with Crippen LogP contribution in [0.2, 0.25) is 0 Å². The predicted molar refractivity (Wildman–Crippen MR) is 103 cm³/mol. The number of carbonyl (C=O) groups is 1. The Morgan fingerprint density at radius 3 is 2.36 bits per heavy atom. The van der Waals surface area contributed by atoms with Crippen LogP contribution in [0.1, 0.15) is 40.9 Å². The van der Waals surface area contributed by atoms with Crippen molar-refractivity contribution in [1.82, 2.24) is 10.3 Å². The largest absolute Gasteiger partial charge is 0.416 e. The smallest absolute Gasteiger partial charge is 0.349 e. The molecule has 0 saturated heterocycles. The fourth-order valence-corrected chi connectivity index (χ4v) is 3.33. The van der Waals surface area contributed by atoms with E-state index in [9.17, 15) is 18.0 Å². The summed E-state index contributed by atoms with van der Waals surface area (Å²) in [5.74, 6) is -0.198. The van der Waals surface area contributed by atoms with E-state index in [4.69, 9.17) is 0 Å². The first-order valence-corrected chi connectivity index (χ1v) is 8.98. The Bertz CT molecular complexity index is 1010. The number of aryl methyl sites for hydroxylation is 2. The van der Waals surface area contributed by atoms with Crippen LogP contribution in [0.15, 0.2) is 48.5 Å². The standard InChI is InChI=1S/C22H21F3N2O/c1-13-18-6-4-5-7-20(18)26-15(3)19(13)12-21(28)27-14(2)16-8-10-17(11-9-16)22(23,24)25/h4-11,14H,12H2,1-3H3,(H,27,28)/t14-/m0/s1. The third-order valence-corrected chi connectivity index (χ3v) is 4.94. The van der Waals surface area contributed by atoms with Crippen LogP contribution in [-0.2, 0) is 17.4 Å². The van der Waals surface area contributed by atoms with Gasteiger partial charge in [0.2, 0.25) is 5.91 Å². The van der Waals surface area contributed by atoms with Gasteiger partial charge in [0.05, 0.1) is 23.5 Å². The zero-order chi connectivity index (χ0) is 20.5. The van der Waals surface area contributed by atoms with Crippen molar-refractivity contribution in [3.63, 3.8) is 0 Å². The van der Waals surface area contributed by atoms with E-state index in [0.717, 1.165) is 39.9 Å². The summed E-state index contributed by atoms with van der Waals surface area (Å²) in [6.45, 7) is 5.60. The molecule has 0 spiro atoms. The molecule has 0 fully saturated rings. The van der Waals surface area contributed by atoms with Gasteiger partial charge in [-0.05, 0) is 55.7 Å². The molecule has 0 radical (unpaired) electrons. The topological polar surface area (TPSA) is 42.0 Å². The SMILES string of the molecule is Cc1nc2ccccc2c(C)c1CC(=O)N[C@@H](C)c1ccc(C(F)(F)F)cc1. The normalized spacial score (nSPS) is 12.8. The number of hydrogen-bond acceptors (Lipinski definition) is 2. The summed E-state index contributed by atoms with van der Waals surface area (Å²) in [4.78, 5) is 17.1. The number of pyridine rings is 1. The number of para-hydroxylation sites is 1. The number of halogens is 3. The van der Waals surface area contributed by atoms with Crippen LogP contribution in [0.3, 0.4) is 0 Å². The fourth-order valence-electron chi connectivity index (χ4n) is 3.33. The van der Waals surface area contributed by atoms with Gasteiger partial charge in [-0.15, -0.1) is 0 Å². The van der Waals surface area contributed by atoms with Crippen molar-refractivity contribution >= 4 is 16.8 Å². The maximum atomic E-state index is 12.7. The van der Waals surface area contributed by atoms with Crippen LogP contribution >= 0.6 is 0 Å². The van der Waals surface area contributed by atoms with Crippen LogP contribution in [0.4, 0.5) is 13.2 Å². The van der Waals surface area contributed by atoms with E-state index in [1.165, 1.54) is 12.1 Å². The van der Waals surface area contributed by atoms with Crippen molar-refractivity contribution < 1.29 is 18.0 Å². The Labute approximate surface area is 161 Å². The van der Waals surface area contributed by atoms with Gasteiger partial charge in [-0.3, -0.25) is 9.78 Å². The summed E-state index contributed by atoms with van der Waals surface area (Å²) in [5, 5.41) is 3.86. The van der Waals surface area contributed by atoms with Crippen LogP contribution in [0.5, 0.6) is 0 Å². The number of hydrogen-bond donors (Lipinski definition) is 1. The van der Waals surface area contributed by atoms with E-state index in [2.05, 4.69) is 10.3 Å². The van der Waals surface area contributed by atoms with E-state index < -0.39 is 17.8 Å². The second kappa shape index (κ2) is 7.62. The minimum atomic E-state index is -4.37. The summed E-state index contributed by atoms with van der Waals surface area (Å²) in [6, 6.07) is 12.2. The highest BCUT2D eigenvalue weighted by Crippen LogP contribution is 2.30. The fraction of sp³-hybridized carbons (Fsp3) is 0.273. The Morgan fingerprint density at radius 1 is 1.07 bits per heavy atom. The molecule has 0 saturated carbocycles. The van der Waals surface area contributed by atoms with Gasteiger partial charge >= 0.3 is 6.18 Å². The first kappa shape index (κ1) is 19.9. The number of amides is 1. The third kappa shape index (κ3) is 4.16. The Balaban J connectivity index is 1.74. The van der Waals surface area contributed by atoms with Gasteiger partial charge in [-0.2, -0.15) is 13.2 Å². The van der Waals surface area contributed by atoms with E-state index in [-0.39, 0.29) is 12.3 Å². The first-order chi connectivity index (χ1) is 13.2. The number of aromatic nitrogens is 1. The maximum absolute atomic E-state index is 12.7. The number of nitrogens with one attached hydrogen (secondary N) is 1. The lowest BCUT2D eigenvalue weighted by Gasteiger charge is -2.17. The molecular weight excluding hydrogens is 365 g/mol. The quantitative estimate of drug-likeness (QED) is 0.662. The van der Waals surface area contributed by atoms with Crippen molar-refractivity contribution in [3.05, 3.63) is 76.5 Å². The number of nitrogens with zero attached hydrogens (tertiary/aromatic N) is 1. The summed E-state index contributed by atoms with van der Waals surface area (Å²) in [5.41, 5.74) is 3.49. The molecule has 3 aromatic rings. The molecule has 2 aromatic carbocycles. The van der Waals surface area contributed by atoms with Crippen molar-refractivity contribution in [2.45, 2.75) is 39.4 Å². The van der Waals surface area contributed by atoms with Gasteiger partial charge in [-0.1, -0.05) is 30.3 Å². The number of fused-ring (bicyclic) bond motifs is 1. The Morgan fingerprint density at radius 2 is 1.71 bits per heavy atom. The van der Waals surface area contributed by atoms with Crippen molar-refractivity contribution in [2.75, 3.05) is 0 Å². The average Bonchev–Trinajstić information content (AvgIpc) is 2.64. The number of rotatable bonds is 4. The van der Waals surface area contributed by atoms with Gasteiger partial charge in [-0.25, -0.2) is 0 Å². The molecule has 0 aliphatic heterocycles. The van der Waals surface area contributed by atoms with Gasteiger partial charge in [0, 0.05) is 11.1 Å². The van der Waals surface area contributed by atoms with Gasteiger partial charge < -0.3 is 5.32 Å². The highest BCUT2D eigenvalue weighted by atomic mass is 19.4. The van der Waals surface area contributed by atoms with Crippen molar-refractivity contribution in [2.24, 2.45) is 0 Å². The minimum absolute atomic E-state index is 0.167. The molecule has 6 heteroatoms. The van der Waals surface area contributed by atoms with Gasteiger partial charge in [0.25, 0.3) is 0 Å². The molecule has 1 amide bonds. The van der Waals surface area contributed by atoms with E-state index >= 15 is 0 Å². The van der Waals surface area contributed by atoms with Crippen LogP contribution in [0.25, 0.3) is 10.9 Å². The minimum Gasteiger partial charge on any atom is -0.349 e. The Kier molecular flexibility index (Phi) is 5.40. The van der Waals surface area contributed by atoms with E-state index in [1.54, 1.807) is 6.92 Å². The second-order valence-electron chi connectivity index (χ2n) is 6.90. The van der Waals surface area contributed by atoms with E-state index in [0.29, 0.717) is 5.56 Å². The molecule has 0 bridgehead atoms. The van der Waals surface area contributed by atoms with Crippen molar-refractivity contribution in [3.8, 4) is 0 Å². The third-order valence-electron chi connectivity index (χ3n) is 4.94. The van der Waals surface area contributed by atoms with Gasteiger partial charge in [0.1, 0.15) is 0 Å². The lowest BCUT2D eigenvalue weighted by Crippen LogP contribution is -2.28. The molecule has 1 aromatic heterocycles. The molecule has 28 heavy (non-hydrogen) atoms. The first-order valence-electron chi connectivity index (χ1n) is 8.98. The predicted octanol–water partition coefficient (Wildman–Crippen LogP) is 5.29.